The van der Waals surface area contributed by atoms with Crippen molar-refractivity contribution in [1.82, 2.24) is 4.90 Å². The Morgan fingerprint density at radius 1 is 1.26 bits per heavy atom. The Hall–Kier alpha value is -1.10. The zero-order chi connectivity index (χ0) is 13.2. The molecule has 1 fully saturated rings. The lowest BCUT2D eigenvalue weighted by molar-refractivity contribution is 0.0792. The first kappa shape index (κ1) is 12.9. The summed E-state index contributed by atoms with van der Waals surface area (Å²) in [5.74, 6) is 0.952. The van der Waals surface area contributed by atoms with Crippen molar-refractivity contribution >= 4 is 0 Å². The van der Waals surface area contributed by atoms with Crippen molar-refractivity contribution < 1.29 is 9.84 Å². The number of aliphatic hydroxyl groups is 1. The van der Waals surface area contributed by atoms with E-state index >= 15 is 0 Å². The van der Waals surface area contributed by atoms with Gasteiger partial charge in [0.2, 0.25) is 0 Å². The lowest BCUT2D eigenvalue weighted by Gasteiger charge is -2.30. The summed E-state index contributed by atoms with van der Waals surface area (Å²) in [5.41, 5.74) is 8.47. The molecule has 4 heteroatoms. The molecule has 4 nitrogen and oxygen atoms in total. The van der Waals surface area contributed by atoms with Gasteiger partial charge in [0.05, 0.1) is 12.7 Å². The highest BCUT2D eigenvalue weighted by Gasteiger charge is 2.20. The first-order valence-electron chi connectivity index (χ1n) is 7.14. The normalized spacial score (nSPS) is 24.8. The van der Waals surface area contributed by atoms with Crippen molar-refractivity contribution in [2.24, 2.45) is 5.73 Å². The average molecular weight is 262 g/mol. The standard InChI is InChI=1S/C15H22N2O2/c16-14-5-8-19-15-9-11(1-2-13(14)15)10-17-6-3-12(18)4-7-17/h1-2,9,12,14,18H,3-8,10,16H2. The summed E-state index contributed by atoms with van der Waals surface area (Å²) in [6.07, 6.45) is 2.55. The fourth-order valence-corrected chi connectivity index (χ4v) is 2.90. The number of piperidine rings is 1. The van der Waals surface area contributed by atoms with Crippen LogP contribution in [-0.4, -0.2) is 35.8 Å². The molecule has 104 valence electrons. The topological polar surface area (TPSA) is 58.7 Å². The van der Waals surface area contributed by atoms with Crippen LogP contribution in [0.3, 0.4) is 0 Å². The first-order valence-corrected chi connectivity index (χ1v) is 7.14. The van der Waals surface area contributed by atoms with Gasteiger partial charge in [0.15, 0.2) is 0 Å². The highest BCUT2D eigenvalue weighted by atomic mass is 16.5. The molecule has 0 radical (unpaired) electrons. The van der Waals surface area contributed by atoms with Crippen molar-refractivity contribution in [3.05, 3.63) is 29.3 Å². The molecule has 3 N–H and O–H groups in total. The molecule has 1 aromatic carbocycles. The van der Waals surface area contributed by atoms with Gasteiger partial charge in [0.25, 0.3) is 0 Å². The van der Waals surface area contributed by atoms with Crippen LogP contribution in [0.4, 0.5) is 0 Å². The minimum Gasteiger partial charge on any atom is -0.493 e. The number of fused-ring (bicyclic) bond motifs is 1. The van der Waals surface area contributed by atoms with E-state index in [-0.39, 0.29) is 12.1 Å². The predicted octanol–water partition coefficient (Wildman–Crippen LogP) is 1.43. The number of aliphatic hydroxyl groups excluding tert-OH is 1. The molecule has 1 unspecified atom stereocenters. The molecule has 2 aliphatic heterocycles. The van der Waals surface area contributed by atoms with Crippen LogP contribution >= 0.6 is 0 Å². The first-order chi connectivity index (χ1) is 9.22. The monoisotopic (exact) mass is 262 g/mol. The molecule has 0 bridgehead atoms. The molecule has 19 heavy (non-hydrogen) atoms. The lowest BCUT2D eigenvalue weighted by atomic mass is 9.99. The Bertz CT molecular complexity index is 442. The molecule has 3 rings (SSSR count). The van der Waals surface area contributed by atoms with E-state index in [1.807, 2.05) is 0 Å². The molecule has 0 aromatic heterocycles. The van der Waals surface area contributed by atoms with E-state index < -0.39 is 0 Å². The largest absolute Gasteiger partial charge is 0.493 e. The Balaban J connectivity index is 1.68. The molecule has 1 aromatic rings. The summed E-state index contributed by atoms with van der Waals surface area (Å²) in [6, 6.07) is 6.49. The Kier molecular flexibility index (Phi) is 3.73. The number of rotatable bonds is 2. The van der Waals surface area contributed by atoms with Gasteiger partial charge in [-0.2, -0.15) is 0 Å². The van der Waals surface area contributed by atoms with E-state index in [2.05, 4.69) is 23.1 Å². The third-order valence-corrected chi connectivity index (χ3v) is 4.13. The highest BCUT2D eigenvalue weighted by Crippen LogP contribution is 2.31. The maximum Gasteiger partial charge on any atom is 0.124 e. The van der Waals surface area contributed by atoms with E-state index in [4.69, 9.17) is 10.5 Å². The van der Waals surface area contributed by atoms with E-state index in [0.717, 1.165) is 50.2 Å². The third kappa shape index (κ3) is 2.91. The van der Waals surface area contributed by atoms with Crippen LogP contribution in [0.2, 0.25) is 0 Å². The van der Waals surface area contributed by atoms with Gasteiger partial charge in [-0.3, -0.25) is 4.90 Å². The molecule has 1 atom stereocenters. The smallest absolute Gasteiger partial charge is 0.124 e. The van der Waals surface area contributed by atoms with Gasteiger partial charge in [0, 0.05) is 37.7 Å². The highest BCUT2D eigenvalue weighted by molar-refractivity contribution is 5.40. The average Bonchev–Trinajstić information content (AvgIpc) is 2.42. The summed E-state index contributed by atoms with van der Waals surface area (Å²) in [6.45, 7) is 3.59. The molecule has 0 amide bonds. The van der Waals surface area contributed by atoms with Crippen LogP contribution in [0.15, 0.2) is 18.2 Å². The van der Waals surface area contributed by atoms with Gasteiger partial charge < -0.3 is 15.6 Å². The number of likely N-dealkylation sites (tertiary alicyclic amines) is 1. The van der Waals surface area contributed by atoms with E-state index in [1.165, 1.54) is 5.56 Å². The number of ether oxygens (including phenoxy) is 1. The van der Waals surface area contributed by atoms with Crippen LogP contribution in [0, 0.1) is 0 Å². The quantitative estimate of drug-likeness (QED) is 0.846. The summed E-state index contributed by atoms with van der Waals surface area (Å²) in [4.78, 5) is 2.39. The SMILES string of the molecule is NC1CCOc2cc(CN3CCC(O)CC3)ccc21. The maximum absolute atomic E-state index is 9.52. The molecule has 0 spiro atoms. The predicted molar refractivity (Wildman–Crippen MR) is 74.0 cm³/mol. The molecule has 2 heterocycles. The van der Waals surface area contributed by atoms with Crippen LogP contribution in [-0.2, 0) is 6.54 Å². The third-order valence-electron chi connectivity index (χ3n) is 4.13. The molecular weight excluding hydrogens is 240 g/mol. The van der Waals surface area contributed by atoms with E-state index in [9.17, 15) is 5.11 Å². The number of hydrogen-bond donors (Lipinski definition) is 2. The van der Waals surface area contributed by atoms with Gasteiger partial charge in [0.1, 0.15) is 5.75 Å². The van der Waals surface area contributed by atoms with Crippen molar-refractivity contribution in [1.29, 1.82) is 0 Å². The minimum absolute atomic E-state index is 0.110. The van der Waals surface area contributed by atoms with Gasteiger partial charge in [-0.15, -0.1) is 0 Å². The van der Waals surface area contributed by atoms with Crippen LogP contribution in [0.1, 0.15) is 36.4 Å². The lowest BCUT2D eigenvalue weighted by Crippen LogP contribution is -2.35. The fourth-order valence-electron chi connectivity index (χ4n) is 2.90. The van der Waals surface area contributed by atoms with Gasteiger partial charge in [-0.25, -0.2) is 0 Å². The second kappa shape index (κ2) is 5.49. The second-order valence-corrected chi connectivity index (χ2v) is 5.62. The number of nitrogens with zero attached hydrogens (tertiary/aromatic N) is 1. The van der Waals surface area contributed by atoms with Gasteiger partial charge in [-0.1, -0.05) is 12.1 Å². The van der Waals surface area contributed by atoms with E-state index in [1.54, 1.807) is 0 Å². The number of hydrogen-bond acceptors (Lipinski definition) is 4. The van der Waals surface area contributed by atoms with Gasteiger partial charge >= 0.3 is 0 Å². The molecule has 0 aliphatic carbocycles. The summed E-state index contributed by atoms with van der Waals surface area (Å²) < 4.78 is 5.70. The summed E-state index contributed by atoms with van der Waals surface area (Å²) >= 11 is 0. The molecular formula is C15H22N2O2. The zero-order valence-electron chi connectivity index (χ0n) is 11.2. The summed E-state index contributed by atoms with van der Waals surface area (Å²) in [5, 5.41) is 9.52. The fraction of sp³-hybridized carbons (Fsp3) is 0.600. The maximum atomic E-state index is 9.52. The Morgan fingerprint density at radius 3 is 2.84 bits per heavy atom. The minimum atomic E-state index is -0.110. The second-order valence-electron chi connectivity index (χ2n) is 5.62. The molecule has 0 saturated carbocycles. The zero-order valence-corrected chi connectivity index (χ0v) is 11.2. The van der Waals surface area contributed by atoms with Crippen molar-refractivity contribution in [2.75, 3.05) is 19.7 Å². The Morgan fingerprint density at radius 2 is 2.05 bits per heavy atom. The summed E-state index contributed by atoms with van der Waals surface area (Å²) in [7, 11) is 0. The van der Waals surface area contributed by atoms with Crippen LogP contribution in [0.25, 0.3) is 0 Å². The van der Waals surface area contributed by atoms with Crippen LogP contribution in [0.5, 0.6) is 5.75 Å². The van der Waals surface area contributed by atoms with Crippen molar-refractivity contribution in [3.8, 4) is 5.75 Å². The number of nitrogens with two attached hydrogens (primary N) is 1. The molecule has 1 saturated heterocycles. The van der Waals surface area contributed by atoms with Crippen LogP contribution < -0.4 is 10.5 Å². The molecule has 2 aliphatic rings. The Labute approximate surface area is 114 Å². The van der Waals surface area contributed by atoms with E-state index in [0.29, 0.717) is 6.61 Å². The van der Waals surface area contributed by atoms with Crippen molar-refractivity contribution in [2.45, 2.75) is 38.0 Å². The van der Waals surface area contributed by atoms with Gasteiger partial charge in [-0.05, 0) is 24.5 Å². The number of benzene rings is 1. The van der Waals surface area contributed by atoms with Crippen molar-refractivity contribution in [3.63, 3.8) is 0 Å².